The second kappa shape index (κ2) is 36.0. The molecule has 89 heavy (non-hydrogen) atoms. The molecule has 13 unspecified atom stereocenters. The maximum absolute atomic E-state index is 15.5. The third kappa shape index (κ3) is 23.5. The zero-order chi connectivity index (χ0) is 68.4. The molecule has 2 aliphatic rings. The lowest BCUT2D eigenvalue weighted by atomic mass is 9.84. The topological polar surface area (TPSA) is 288 Å². The molecule has 2 saturated heterocycles. The molecule has 7 amide bonds. The van der Waals surface area contributed by atoms with Crippen LogP contribution < -0.4 is 21.3 Å². The molecular formula is C64H119N11O13S. The minimum atomic E-state index is -3.16. The van der Waals surface area contributed by atoms with E-state index >= 15 is 14.4 Å². The van der Waals surface area contributed by atoms with Crippen LogP contribution in [0.4, 0.5) is 0 Å². The molecule has 2 rings (SSSR count). The van der Waals surface area contributed by atoms with E-state index in [1.807, 2.05) is 81.1 Å². The number of carbonyl (C=O) groups is 9. The Hall–Kier alpha value is -4.66. The van der Waals surface area contributed by atoms with Gasteiger partial charge in [-0.2, -0.15) is 0 Å². The summed E-state index contributed by atoms with van der Waals surface area (Å²) < 4.78 is 31.3. The fraction of sp³-hybridized carbons (Fsp3) is 0.859. The Balaban J connectivity index is 3.06. The van der Waals surface area contributed by atoms with Gasteiger partial charge in [-0.15, -0.1) is 0 Å². The smallest absolute Gasteiger partial charge is 0.248 e. The predicted molar refractivity (Wildman–Crippen MR) is 346 cm³/mol. The standard InChI is InChI=1S/C64H119N11O13S/c1-23-25-52-68-63(16,38-76)88-48(24-2)36-70(18)64(39-77,35-43(9)10)67-50(33-41(5)6)60(83)73(21)55(44(11)12)62(85)74(22)56(46(14)45(13)26-27-75-28-30-89(86,87)31-29-75)58(81)66-54(47(15)78)61(84)69(17)37-53(79)71(19)51(34-42(7)8)57(80)65-49(32-40(3)4)59(82)72(52)20/h38-52,54-56,67-68,78H,23-37H2,1-22H3,(H,65,80)(H,66,81). The van der Waals surface area contributed by atoms with E-state index in [2.05, 4.69) is 21.3 Å². The monoisotopic (exact) mass is 1280 g/mol. The average Bonchev–Trinajstić information content (AvgIpc) is 1.65. The number of sulfone groups is 1. The second-order valence-corrected chi connectivity index (χ2v) is 30.3. The lowest BCUT2D eigenvalue weighted by molar-refractivity contribution is -0.159. The average molecular weight is 1280 g/mol. The van der Waals surface area contributed by atoms with Crippen molar-refractivity contribution in [2.24, 2.45) is 41.4 Å². The molecule has 24 nitrogen and oxygen atoms in total. The van der Waals surface area contributed by atoms with Crippen molar-refractivity contribution in [3.05, 3.63) is 0 Å². The molecule has 2 aliphatic heterocycles. The molecule has 0 spiro atoms. The number of amides is 7. The van der Waals surface area contributed by atoms with Crippen molar-refractivity contribution >= 4 is 63.8 Å². The normalized spacial score (nSPS) is 29.7. The highest BCUT2D eigenvalue weighted by molar-refractivity contribution is 7.91. The van der Waals surface area contributed by atoms with Crippen molar-refractivity contribution in [1.82, 2.24) is 55.6 Å². The fourth-order valence-electron chi connectivity index (χ4n) is 12.2. The Bertz CT molecular complexity index is 2440. The van der Waals surface area contributed by atoms with Gasteiger partial charge in [0.2, 0.25) is 41.4 Å². The molecular weight excluding hydrogens is 1160 g/mol. The Morgan fingerprint density at radius 2 is 1.19 bits per heavy atom. The van der Waals surface area contributed by atoms with Gasteiger partial charge in [-0.05, 0) is 114 Å². The number of aliphatic hydroxyl groups excluding tert-OH is 1. The van der Waals surface area contributed by atoms with Crippen molar-refractivity contribution in [2.45, 2.75) is 228 Å². The number of nitrogens with one attached hydrogen (secondary N) is 4. The lowest BCUT2D eigenvalue weighted by Gasteiger charge is -2.45. The highest BCUT2D eigenvalue weighted by atomic mass is 32.2. The largest absolute Gasteiger partial charge is 0.391 e. The van der Waals surface area contributed by atoms with Gasteiger partial charge in [0.1, 0.15) is 35.9 Å². The number of nitrogens with zero attached hydrogens (tertiary/aromatic N) is 7. The van der Waals surface area contributed by atoms with Crippen LogP contribution in [0.1, 0.15) is 162 Å². The summed E-state index contributed by atoms with van der Waals surface area (Å²) in [5, 5.41) is 23.8. The summed E-state index contributed by atoms with van der Waals surface area (Å²) >= 11 is 0. The van der Waals surface area contributed by atoms with Gasteiger partial charge in [0.05, 0.1) is 42.5 Å². The van der Waals surface area contributed by atoms with Crippen molar-refractivity contribution in [2.75, 3.05) is 86.5 Å². The number of hydrogen-bond donors (Lipinski definition) is 5. The first-order valence-corrected chi connectivity index (χ1v) is 34.4. The number of hydrogen-bond acceptors (Lipinski definition) is 17. The van der Waals surface area contributed by atoms with Gasteiger partial charge >= 0.3 is 0 Å². The van der Waals surface area contributed by atoms with Gasteiger partial charge in [-0.3, -0.25) is 58.7 Å². The van der Waals surface area contributed by atoms with Crippen molar-refractivity contribution in [3.8, 4) is 0 Å². The van der Waals surface area contributed by atoms with Gasteiger partial charge in [0, 0.05) is 54.9 Å². The molecule has 0 aromatic rings. The number of aliphatic hydroxyl groups is 1. The quantitative estimate of drug-likeness (QED) is 0.109. The zero-order valence-electron chi connectivity index (χ0n) is 58.4. The Kier molecular flexibility index (Phi) is 32.5. The van der Waals surface area contributed by atoms with Crippen LogP contribution in [0.25, 0.3) is 0 Å². The molecule has 13 atom stereocenters. The highest BCUT2D eigenvalue weighted by Gasteiger charge is 2.47. The number of carbonyl (C=O) groups excluding carboxylic acids is 9. The third-order valence-corrected chi connectivity index (χ3v) is 19.4. The molecule has 0 bridgehead atoms. The van der Waals surface area contributed by atoms with Crippen LogP contribution in [0.2, 0.25) is 0 Å². The summed E-state index contributed by atoms with van der Waals surface area (Å²) in [5.41, 5.74) is -3.20. The Morgan fingerprint density at radius 1 is 0.652 bits per heavy atom. The second-order valence-electron chi connectivity index (χ2n) is 28.0. The van der Waals surface area contributed by atoms with Gasteiger partial charge in [0.25, 0.3) is 0 Å². The minimum Gasteiger partial charge on any atom is -0.391 e. The highest BCUT2D eigenvalue weighted by Crippen LogP contribution is 2.29. The number of rotatable bonds is 20. The number of aldehydes is 2. The van der Waals surface area contributed by atoms with Crippen LogP contribution in [0.15, 0.2) is 0 Å². The number of ether oxygens (including phenoxy) is 1. The van der Waals surface area contributed by atoms with Gasteiger partial charge < -0.3 is 49.9 Å². The zero-order valence-corrected chi connectivity index (χ0v) is 59.2. The van der Waals surface area contributed by atoms with Gasteiger partial charge in [0.15, 0.2) is 28.1 Å². The van der Waals surface area contributed by atoms with Crippen molar-refractivity contribution in [3.63, 3.8) is 0 Å². The third-order valence-electron chi connectivity index (χ3n) is 17.8. The molecule has 5 N–H and O–H groups in total. The summed E-state index contributed by atoms with van der Waals surface area (Å²) in [6.07, 6.45) is 1.04. The minimum absolute atomic E-state index is 0.0197. The summed E-state index contributed by atoms with van der Waals surface area (Å²) in [5.74, 6) is -6.36. The number of likely N-dealkylation sites (N-methyl/N-ethyl adjacent to an activating group) is 6. The maximum Gasteiger partial charge on any atom is 0.248 e. The summed E-state index contributed by atoms with van der Waals surface area (Å²) in [7, 11) is 5.92. The van der Waals surface area contributed by atoms with E-state index < -0.39 is 136 Å². The van der Waals surface area contributed by atoms with Crippen LogP contribution in [0, 0.1) is 41.4 Å². The van der Waals surface area contributed by atoms with E-state index in [4.69, 9.17) is 4.74 Å². The van der Waals surface area contributed by atoms with Crippen LogP contribution in [0.5, 0.6) is 0 Å². The molecule has 2 fully saturated rings. The molecule has 2 heterocycles. The Morgan fingerprint density at radius 3 is 1.67 bits per heavy atom. The predicted octanol–water partition coefficient (Wildman–Crippen LogP) is 3.19. The van der Waals surface area contributed by atoms with Crippen molar-refractivity contribution < 1.29 is 61.4 Å². The fourth-order valence-corrected chi connectivity index (χ4v) is 13.5. The van der Waals surface area contributed by atoms with Gasteiger partial charge in [-0.25, -0.2) is 8.42 Å². The van der Waals surface area contributed by atoms with E-state index in [0.717, 1.165) is 11.2 Å². The summed E-state index contributed by atoms with van der Waals surface area (Å²) in [4.78, 5) is 142. The SMILES string of the molecule is CCCC1NC(C)(C=O)OC(CC)CN(C)C(C=O)(CC(C)C)NC(CC(C)C)C(=O)N(C)C(C(C)C)C(=O)N(C)C(C(C)C(C)CCN2CCS(=O)(=O)CC2)C(=O)NC(C(C)O)C(=O)N(C)CC(=O)N(C)C(CC(C)C)C(=O)NC(CC(C)C)C(=O)N1C. The van der Waals surface area contributed by atoms with Crippen LogP contribution >= 0.6 is 0 Å². The maximum atomic E-state index is 15.5. The molecule has 514 valence electrons. The first-order chi connectivity index (χ1) is 41.2. The Labute approximate surface area is 534 Å². The molecule has 0 aliphatic carbocycles. The molecule has 0 aromatic heterocycles. The lowest BCUT2D eigenvalue weighted by Crippen LogP contribution is -2.67. The van der Waals surface area contributed by atoms with Gasteiger partial charge in [-0.1, -0.05) is 103 Å². The van der Waals surface area contributed by atoms with E-state index in [1.54, 1.807) is 46.7 Å². The summed E-state index contributed by atoms with van der Waals surface area (Å²) in [6, 6.07) is -7.41. The molecule has 0 radical (unpaired) electrons. The van der Waals surface area contributed by atoms with E-state index in [-0.39, 0.29) is 73.3 Å². The van der Waals surface area contributed by atoms with E-state index in [0.29, 0.717) is 51.6 Å². The summed E-state index contributed by atoms with van der Waals surface area (Å²) in [6.45, 7) is 30.0. The van der Waals surface area contributed by atoms with E-state index in [1.165, 1.54) is 54.7 Å². The van der Waals surface area contributed by atoms with Crippen LogP contribution in [-0.2, 0) is 57.7 Å². The van der Waals surface area contributed by atoms with E-state index in [9.17, 15) is 42.3 Å². The molecule has 25 heteroatoms. The van der Waals surface area contributed by atoms with Crippen molar-refractivity contribution in [1.29, 1.82) is 0 Å². The van der Waals surface area contributed by atoms with Crippen LogP contribution in [-0.4, -0.2) is 254 Å². The first-order valence-electron chi connectivity index (χ1n) is 32.6. The molecule has 0 saturated carbocycles. The first kappa shape index (κ1) is 80.4. The molecule has 0 aromatic carbocycles. The van der Waals surface area contributed by atoms with Crippen LogP contribution in [0.3, 0.4) is 0 Å².